The summed E-state index contributed by atoms with van der Waals surface area (Å²) in [5.41, 5.74) is 0.588. The van der Waals surface area contributed by atoms with E-state index in [-0.39, 0.29) is 5.82 Å². The van der Waals surface area contributed by atoms with Crippen LogP contribution in [0.4, 0.5) is 4.39 Å². The van der Waals surface area contributed by atoms with Crippen molar-refractivity contribution in [3.8, 4) is 5.75 Å². The standard InChI is InChI=1S/C14H21FO3/c1-3-4-7-17-8-9-18-14-10-12(15)5-6-13(14)11(2)16/h5-6,10-11,16H,3-4,7-9H2,1-2H3/t11-/m0/s1. The molecular weight excluding hydrogens is 235 g/mol. The van der Waals surface area contributed by atoms with E-state index < -0.39 is 6.10 Å². The first-order chi connectivity index (χ1) is 8.65. The number of aliphatic hydroxyl groups is 1. The van der Waals surface area contributed by atoms with Gasteiger partial charge in [-0.3, -0.25) is 0 Å². The molecule has 0 bridgehead atoms. The van der Waals surface area contributed by atoms with Gasteiger partial charge < -0.3 is 14.6 Å². The summed E-state index contributed by atoms with van der Waals surface area (Å²) in [6, 6.07) is 4.13. The van der Waals surface area contributed by atoms with Crippen LogP contribution in [0.1, 0.15) is 38.4 Å². The number of ether oxygens (including phenoxy) is 2. The van der Waals surface area contributed by atoms with Crippen molar-refractivity contribution in [1.82, 2.24) is 0 Å². The van der Waals surface area contributed by atoms with E-state index in [9.17, 15) is 9.50 Å². The van der Waals surface area contributed by atoms with Crippen LogP contribution in [-0.2, 0) is 4.74 Å². The van der Waals surface area contributed by atoms with Crippen LogP contribution in [0, 0.1) is 5.82 Å². The summed E-state index contributed by atoms with van der Waals surface area (Å²) < 4.78 is 23.9. The third-order valence-corrected chi connectivity index (χ3v) is 2.55. The van der Waals surface area contributed by atoms with E-state index in [1.807, 2.05) is 0 Å². The van der Waals surface area contributed by atoms with Crippen molar-refractivity contribution < 1.29 is 19.0 Å². The van der Waals surface area contributed by atoms with Crippen molar-refractivity contribution in [2.24, 2.45) is 0 Å². The van der Waals surface area contributed by atoms with E-state index in [1.54, 1.807) is 6.92 Å². The summed E-state index contributed by atoms with van der Waals surface area (Å²) in [6.07, 6.45) is 1.44. The van der Waals surface area contributed by atoms with Crippen LogP contribution in [0.3, 0.4) is 0 Å². The van der Waals surface area contributed by atoms with Crippen LogP contribution >= 0.6 is 0 Å². The van der Waals surface area contributed by atoms with Crippen LogP contribution in [0.15, 0.2) is 18.2 Å². The molecule has 0 fully saturated rings. The Morgan fingerprint density at radius 3 is 2.72 bits per heavy atom. The summed E-state index contributed by atoms with van der Waals surface area (Å²) >= 11 is 0. The molecule has 1 aromatic rings. The first kappa shape index (κ1) is 14.9. The minimum absolute atomic E-state index is 0.354. The van der Waals surface area contributed by atoms with Gasteiger partial charge in [0.1, 0.15) is 18.2 Å². The SMILES string of the molecule is CCCCOCCOc1cc(F)ccc1[C@H](C)O. The first-order valence-electron chi connectivity index (χ1n) is 6.33. The Hall–Kier alpha value is -1.13. The molecule has 1 N–H and O–H groups in total. The van der Waals surface area contributed by atoms with Crippen LogP contribution in [-0.4, -0.2) is 24.9 Å². The van der Waals surface area contributed by atoms with E-state index in [4.69, 9.17) is 9.47 Å². The van der Waals surface area contributed by atoms with Crippen LogP contribution in [0.2, 0.25) is 0 Å². The van der Waals surface area contributed by atoms with E-state index in [0.717, 1.165) is 12.8 Å². The molecule has 0 aliphatic heterocycles. The molecule has 0 heterocycles. The van der Waals surface area contributed by atoms with Crippen molar-refractivity contribution in [3.05, 3.63) is 29.6 Å². The molecule has 0 unspecified atom stereocenters. The highest BCUT2D eigenvalue weighted by molar-refractivity contribution is 5.35. The second-order valence-electron chi connectivity index (χ2n) is 4.17. The van der Waals surface area contributed by atoms with Crippen LogP contribution < -0.4 is 4.74 Å². The number of halogens is 1. The lowest BCUT2D eigenvalue weighted by molar-refractivity contribution is 0.0960. The van der Waals surface area contributed by atoms with E-state index >= 15 is 0 Å². The summed E-state index contributed by atoms with van der Waals surface area (Å²) in [4.78, 5) is 0. The Morgan fingerprint density at radius 1 is 1.28 bits per heavy atom. The van der Waals surface area contributed by atoms with Crippen molar-refractivity contribution >= 4 is 0 Å². The molecule has 0 saturated carbocycles. The van der Waals surface area contributed by atoms with E-state index in [1.165, 1.54) is 18.2 Å². The van der Waals surface area contributed by atoms with Gasteiger partial charge in [-0.25, -0.2) is 4.39 Å². The molecule has 1 rings (SSSR count). The Labute approximate surface area is 108 Å². The zero-order valence-electron chi connectivity index (χ0n) is 11.0. The Balaban J connectivity index is 2.43. The molecular formula is C14H21FO3. The average Bonchev–Trinajstić information content (AvgIpc) is 2.33. The largest absolute Gasteiger partial charge is 0.491 e. The van der Waals surface area contributed by atoms with Gasteiger partial charge in [-0.15, -0.1) is 0 Å². The molecule has 4 heteroatoms. The normalized spacial score (nSPS) is 12.4. The molecule has 0 saturated heterocycles. The molecule has 0 aliphatic rings. The molecule has 0 aromatic heterocycles. The lowest BCUT2D eigenvalue weighted by Gasteiger charge is -2.13. The highest BCUT2D eigenvalue weighted by atomic mass is 19.1. The Kier molecular flexibility index (Phi) is 6.68. The Morgan fingerprint density at radius 2 is 2.06 bits per heavy atom. The van der Waals surface area contributed by atoms with Gasteiger partial charge >= 0.3 is 0 Å². The summed E-state index contributed by atoms with van der Waals surface area (Å²) in [5, 5.41) is 9.53. The number of aliphatic hydroxyl groups excluding tert-OH is 1. The molecule has 0 spiro atoms. The predicted molar refractivity (Wildman–Crippen MR) is 68.3 cm³/mol. The summed E-state index contributed by atoms with van der Waals surface area (Å²) in [6.45, 7) is 5.26. The van der Waals surface area contributed by atoms with Crippen molar-refractivity contribution in [2.75, 3.05) is 19.8 Å². The molecule has 0 amide bonds. The van der Waals surface area contributed by atoms with Gasteiger partial charge in [-0.1, -0.05) is 13.3 Å². The van der Waals surface area contributed by atoms with Gasteiger partial charge in [-0.05, 0) is 25.5 Å². The van der Waals surface area contributed by atoms with Crippen molar-refractivity contribution in [3.63, 3.8) is 0 Å². The quantitative estimate of drug-likeness (QED) is 0.726. The van der Waals surface area contributed by atoms with Crippen LogP contribution in [0.25, 0.3) is 0 Å². The molecule has 3 nitrogen and oxygen atoms in total. The highest BCUT2D eigenvalue weighted by Crippen LogP contribution is 2.25. The fourth-order valence-corrected chi connectivity index (χ4v) is 1.54. The maximum absolute atomic E-state index is 13.1. The topological polar surface area (TPSA) is 38.7 Å². The molecule has 1 aromatic carbocycles. The average molecular weight is 256 g/mol. The second-order valence-corrected chi connectivity index (χ2v) is 4.17. The maximum Gasteiger partial charge on any atom is 0.128 e. The molecule has 18 heavy (non-hydrogen) atoms. The summed E-state index contributed by atoms with van der Waals surface area (Å²) in [7, 11) is 0. The summed E-state index contributed by atoms with van der Waals surface area (Å²) in [5.74, 6) is 0.00499. The third kappa shape index (κ3) is 5.02. The van der Waals surface area contributed by atoms with Gasteiger partial charge in [-0.2, -0.15) is 0 Å². The zero-order valence-corrected chi connectivity index (χ0v) is 11.0. The monoisotopic (exact) mass is 256 g/mol. The van der Waals surface area contributed by atoms with Crippen molar-refractivity contribution in [2.45, 2.75) is 32.8 Å². The van der Waals surface area contributed by atoms with E-state index in [2.05, 4.69) is 6.92 Å². The van der Waals surface area contributed by atoms with Gasteiger partial charge in [0.2, 0.25) is 0 Å². The molecule has 102 valence electrons. The maximum atomic E-state index is 13.1. The highest BCUT2D eigenvalue weighted by Gasteiger charge is 2.10. The predicted octanol–water partition coefficient (Wildman–Crippen LogP) is 3.07. The van der Waals surface area contributed by atoms with Gasteiger partial charge in [0.05, 0.1) is 12.7 Å². The Bertz CT molecular complexity index is 353. The smallest absolute Gasteiger partial charge is 0.128 e. The third-order valence-electron chi connectivity index (χ3n) is 2.55. The van der Waals surface area contributed by atoms with Gasteiger partial charge in [0.25, 0.3) is 0 Å². The minimum Gasteiger partial charge on any atom is -0.491 e. The fourth-order valence-electron chi connectivity index (χ4n) is 1.54. The number of rotatable bonds is 8. The second kappa shape index (κ2) is 8.06. The fraction of sp³-hybridized carbons (Fsp3) is 0.571. The number of benzene rings is 1. The van der Waals surface area contributed by atoms with E-state index in [0.29, 0.717) is 31.1 Å². The van der Waals surface area contributed by atoms with Gasteiger partial charge in [0, 0.05) is 18.2 Å². The number of unbranched alkanes of at least 4 members (excludes halogenated alkanes) is 1. The molecule has 0 radical (unpaired) electrons. The number of hydrogen-bond acceptors (Lipinski definition) is 3. The molecule has 1 atom stereocenters. The van der Waals surface area contributed by atoms with Crippen molar-refractivity contribution in [1.29, 1.82) is 0 Å². The minimum atomic E-state index is -0.679. The van der Waals surface area contributed by atoms with Gasteiger partial charge in [0.15, 0.2) is 0 Å². The molecule has 0 aliphatic carbocycles. The first-order valence-corrected chi connectivity index (χ1v) is 6.33. The zero-order chi connectivity index (χ0) is 13.4. The lowest BCUT2D eigenvalue weighted by Crippen LogP contribution is -2.09. The number of hydrogen-bond donors (Lipinski definition) is 1. The van der Waals surface area contributed by atoms with Crippen LogP contribution in [0.5, 0.6) is 5.75 Å². The lowest BCUT2D eigenvalue weighted by atomic mass is 10.1.